The minimum absolute atomic E-state index is 0. The van der Waals surface area contributed by atoms with E-state index >= 15 is 0 Å². The molecule has 0 unspecified atom stereocenters. The van der Waals surface area contributed by atoms with Crippen LogP contribution in [0.1, 0.15) is 22.8 Å². The Balaban J connectivity index is 0.00000400. The third kappa shape index (κ3) is 6.01. The van der Waals surface area contributed by atoms with Gasteiger partial charge in [0.05, 0.1) is 25.6 Å². The van der Waals surface area contributed by atoms with Crippen LogP contribution in [0.2, 0.25) is 0 Å². The van der Waals surface area contributed by atoms with Gasteiger partial charge in [-0.15, -0.1) is 12.4 Å². The average Bonchev–Trinajstić information content (AvgIpc) is 3.35. The summed E-state index contributed by atoms with van der Waals surface area (Å²) in [5, 5.41) is 17.9. The van der Waals surface area contributed by atoms with Gasteiger partial charge in [-0.2, -0.15) is 4.39 Å². The predicted molar refractivity (Wildman–Crippen MR) is 144 cm³/mol. The molecule has 0 saturated heterocycles. The van der Waals surface area contributed by atoms with E-state index < -0.39 is 11.6 Å². The molecule has 2 aromatic carbocycles. The first-order chi connectivity index (χ1) is 18.0. The van der Waals surface area contributed by atoms with Gasteiger partial charge in [0.1, 0.15) is 0 Å². The lowest BCUT2D eigenvalue weighted by Gasteiger charge is -2.13. The zero-order valence-electron chi connectivity index (χ0n) is 20.9. The van der Waals surface area contributed by atoms with Crippen molar-refractivity contribution in [2.75, 3.05) is 38.7 Å². The molecule has 12 heteroatoms. The number of ether oxygens (including phenoxy) is 1. The molecule has 1 amide bonds. The maximum Gasteiger partial charge on any atom is 0.251 e. The smallest absolute Gasteiger partial charge is 0.251 e. The average molecular weight is 547 g/mol. The summed E-state index contributed by atoms with van der Waals surface area (Å²) in [5.41, 5.74) is 2.93. The molecule has 0 aliphatic heterocycles. The number of fused-ring (bicyclic) bond motifs is 1. The SMILES string of the molecule is CCc1cc(Nc2nccn3c(-c4ccc(OC)c(F)c4F)cnc23)ccc1C(=O)NCCNCCO.Cl. The fourth-order valence-corrected chi connectivity index (χ4v) is 3.98. The van der Waals surface area contributed by atoms with Gasteiger partial charge in [0.15, 0.2) is 23.0 Å². The maximum absolute atomic E-state index is 14.7. The van der Waals surface area contributed by atoms with E-state index in [2.05, 4.69) is 25.9 Å². The lowest BCUT2D eigenvalue weighted by atomic mass is 10.0. The Morgan fingerprint density at radius 2 is 1.92 bits per heavy atom. The van der Waals surface area contributed by atoms with E-state index in [4.69, 9.17) is 9.84 Å². The number of imidazole rings is 1. The van der Waals surface area contributed by atoms with Crippen LogP contribution in [0.25, 0.3) is 16.9 Å². The first kappa shape index (κ1) is 28.8. The van der Waals surface area contributed by atoms with Crippen molar-refractivity contribution in [2.45, 2.75) is 13.3 Å². The van der Waals surface area contributed by atoms with Crippen molar-refractivity contribution in [3.05, 3.63) is 71.7 Å². The van der Waals surface area contributed by atoms with Crippen molar-refractivity contribution in [1.29, 1.82) is 0 Å². The van der Waals surface area contributed by atoms with E-state index in [1.54, 1.807) is 22.7 Å². The number of benzene rings is 2. The second-order valence-corrected chi connectivity index (χ2v) is 8.14. The van der Waals surface area contributed by atoms with E-state index in [-0.39, 0.29) is 36.2 Å². The highest BCUT2D eigenvalue weighted by Crippen LogP contribution is 2.31. The number of methoxy groups -OCH3 is 1. The van der Waals surface area contributed by atoms with Gasteiger partial charge in [-0.3, -0.25) is 9.20 Å². The molecule has 0 fully saturated rings. The van der Waals surface area contributed by atoms with E-state index in [9.17, 15) is 13.6 Å². The van der Waals surface area contributed by atoms with Crippen LogP contribution >= 0.6 is 12.4 Å². The van der Waals surface area contributed by atoms with Crippen molar-refractivity contribution in [3.63, 3.8) is 0 Å². The molecule has 0 spiro atoms. The highest BCUT2D eigenvalue weighted by molar-refractivity contribution is 5.96. The first-order valence-electron chi connectivity index (χ1n) is 11.8. The summed E-state index contributed by atoms with van der Waals surface area (Å²) in [6.45, 7) is 3.47. The maximum atomic E-state index is 14.7. The van der Waals surface area contributed by atoms with Crippen molar-refractivity contribution in [1.82, 2.24) is 25.0 Å². The summed E-state index contributed by atoms with van der Waals surface area (Å²) in [5.74, 6) is -2.04. The molecule has 202 valence electrons. The number of carbonyl (C=O) groups excluding carboxylic acids is 1. The summed E-state index contributed by atoms with van der Waals surface area (Å²) < 4.78 is 35.5. The molecular formula is C26H29ClF2N6O3. The van der Waals surface area contributed by atoms with Crippen LogP contribution in [0.5, 0.6) is 5.75 Å². The molecule has 38 heavy (non-hydrogen) atoms. The zero-order valence-corrected chi connectivity index (χ0v) is 21.7. The molecular weight excluding hydrogens is 518 g/mol. The molecule has 9 nitrogen and oxygen atoms in total. The Labute approximate surface area is 224 Å². The molecule has 4 rings (SSSR count). The van der Waals surface area contributed by atoms with Gasteiger partial charge in [0.25, 0.3) is 5.91 Å². The fraction of sp³-hybridized carbons (Fsp3) is 0.269. The van der Waals surface area contributed by atoms with Crippen LogP contribution in [0.15, 0.2) is 48.9 Å². The minimum Gasteiger partial charge on any atom is -0.494 e. The van der Waals surface area contributed by atoms with Crippen LogP contribution in [0, 0.1) is 11.6 Å². The van der Waals surface area contributed by atoms with Gasteiger partial charge >= 0.3 is 0 Å². The van der Waals surface area contributed by atoms with Crippen molar-refractivity contribution in [2.24, 2.45) is 0 Å². The number of aliphatic hydroxyl groups is 1. The summed E-state index contributed by atoms with van der Waals surface area (Å²) in [6, 6.07) is 8.18. The predicted octanol–water partition coefficient (Wildman–Crippen LogP) is 3.72. The third-order valence-electron chi connectivity index (χ3n) is 5.84. The number of hydrogen-bond acceptors (Lipinski definition) is 7. The van der Waals surface area contributed by atoms with Crippen LogP contribution in [0.3, 0.4) is 0 Å². The Hall–Kier alpha value is -3.80. The van der Waals surface area contributed by atoms with E-state index in [1.807, 2.05) is 13.0 Å². The third-order valence-corrected chi connectivity index (χ3v) is 5.84. The molecule has 0 aliphatic carbocycles. The standard InChI is InChI=1S/C26H28F2N6O3.ClH/c1-3-16-14-17(4-5-18(16)26(36)31-9-8-29-11-13-35)33-24-25-32-15-20(34(25)12-10-30-24)19-6-7-21(37-2)23(28)22(19)27;/h4-7,10,12,14-15,29,35H,3,8-9,11,13H2,1-2H3,(H,30,33)(H,31,36);1H. The van der Waals surface area contributed by atoms with Gasteiger partial charge in [-0.25, -0.2) is 14.4 Å². The monoisotopic (exact) mass is 546 g/mol. The molecule has 0 bridgehead atoms. The van der Waals surface area contributed by atoms with Crippen molar-refractivity contribution >= 4 is 35.5 Å². The lowest BCUT2D eigenvalue weighted by Crippen LogP contribution is -2.33. The summed E-state index contributed by atoms with van der Waals surface area (Å²) in [7, 11) is 1.27. The number of halogens is 3. The number of amides is 1. The Morgan fingerprint density at radius 3 is 2.66 bits per heavy atom. The van der Waals surface area contributed by atoms with Gasteiger partial charge in [-0.05, 0) is 42.3 Å². The molecule has 4 N–H and O–H groups in total. The van der Waals surface area contributed by atoms with Gasteiger partial charge in [0.2, 0.25) is 5.82 Å². The second-order valence-electron chi connectivity index (χ2n) is 8.14. The van der Waals surface area contributed by atoms with E-state index in [1.165, 1.54) is 31.6 Å². The van der Waals surface area contributed by atoms with Crippen molar-refractivity contribution < 1.29 is 23.4 Å². The van der Waals surface area contributed by atoms with Crippen LogP contribution in [0.4, 0.5) is 20.3 Å². The molecule has 0 aliphatic rings. The normalized spacial score (nSPS) is 10.8. The van der Waals surface area contributed by atoms with E-state index in [0.29, 0.717) is 54.5 Å². The number of aromatic nitrogens is 3. The van der Waals surface area contributed by atoms with Gasteiger partial charge in [-0.1, -0.05) is 6.92 Å². The number of nitrogens with one attached hydrogen (secondary N) is 3. The van der Waals surface area contributed by atoms with Gasteiger partial charge < -0.3 is 25.8 Å². The zero-order chi connectivity index (χ0) is 26.4. The first-order valence-corrected chi connectivity index (χ1v) is 11.8. The Morgan fingerprint density at radius 1 is 1.11 bits per heavy atom. The lowest BCUT2D eigenvalue weighted by molar-refractivity contribution is 0.0953. The highest BCUT2D eigenvalue weighted by Gasteiger charge is 2.19. The van der Waals surface area contributed by atoms with Gasteiger partial charge in [0, 0.05) is 48.8 Å². The highest BCUT2D eigenvalue weighted by atomic mass is 35.5. The largest absolute Gasteiger partial charge is 0.494 e. The van der Waals surface area contributed by atoms with Crippen molar-refractivity contribution in [3.8, 4) is 17.0 Å². The molecule has 0 saturated carbocycles. The Kier molecular flexibility index (Phi) is 9.94. The number of hydrogen-bond donors (Lipinski definition) is 4. The second kappa shape index (κ2) is 13.1. The Bertz CT molecular complexity index is 1420. The number of aryl methyl sites for hydroxylation is 1. The number of nitrogens with zero attached hydrogens (tertiary/aromatic N) is 3. The number of aliphatic hydroxyl groups excluding tert-OH is 1. The molecule has 0 radical (unpaired) electrons. The summed E-state index contributed by atoms with van der Waals surface area (Å²) in [4.78, 5) is 21.4. The minimum atomic E-state index is -1.07. The number of rotatable bonds is 11. The summed E-state index contributed by atoms with van der Waals surface area (Å²) >= 11 is 0. The summed E-state index contributed by atoms with van der Waals surface area (Å²) in [6.07, 6.45) is 5.23. The van der Waals surface area contributed by atoms with Crippen LogP contribution < -0.4 is 20.7 Å². The van der Waals surface area contributed by atoms with Crippen LogP contribution in [-0.4, -0.2) is 58.7 Å². The molecule has 0 atom stereocenters. The number of anilines is 2. The van der Waals surface area contributed by atoms with E-state index in [0.717, 1.165) is 5.56 Å². The fourth-order valence-electron chi connectivity index (χ4n) is 3.98. The quantitative estimate of drug-likeness (QED) is 0.212. The molecule has 4 aromatic rings. The molecule has 2 aromatic heterocycles. The topological polar surface area (TPSA) is 113 Å². The number of carbonyl (C=O) groups is 1. The molecule has 2 heterocycles. The van der Waals surface area contributed by atoms with Crippen LogP contribution in [-0.2, 0) is 6.42 Å².